The summed E-state index contributed by atoms with van der Waals surface area (Å²) in [6.45, 7) is 5.68. The van der Waals surface area contributed by atoms with Gasteiger partial charge >= 0.3 is 0 Å². The summed E-state index contributed by atoms with van der Waals surface area (Å²) in [5, 5.41) is 13.9. The van der Waals surface area contributed by atoms with Crippen molar-refractivity contribution in [1.82, 2.24) is 20.7 Å². The number of amides is 1. The summed E-state index contributed by atoms with van der Waals surface area (Å²) in [6, 6.07) is 11.6. The number of hydrogen-bond donors (Lipinski definition) is 2. The molecule has 0 radical (unpaired) electrons. The van der Waals surface area contributed by atoms with Gasteiger partial charge in [-0.05, 0) is 39.0 Å². The second-order valence-electron chi connectivity index (χ2n) is 6.04. The highest BCUT2D eigenvalue weighted by molar-refractivity contribution is 5.93. The van der Waals surface area contributed by atoms with Gasteiger partial charge in [-0.15, -0.1) is 0 Å². The summed E-state index contributed by atoms with van der Waals surface area (Å²) >= 11 is 0. The van der Waals surface area contributed by atoms with Gasteiger partial charge in [-0.3, -0.25) is 9.89 Å². The van der Waals surface area contributed by atoms with Gasteiger partial charge in [0.25, 0.3) is 5.91 Å². The minimum atomic E-state index is -0.197. The number of benzene rings is 1. The molecule has 0 saturated heterocycles. The highest BCUT2D eigenvalue weighted by Crippen LogP contribution is 2.26. The van der Waals surface area contributed by atoms with E-state index in [1.807, 2.05) is 63.3 Å². The fourth-order valence-electron chi connectivity index (χ4n) is 2.43. The van der Waals surface area contributed by atoms with Gasteiger partial charge in [-0.2, -0.15) is 5.10 Å². The summed E-state index contributed by atoms with van der Waals surface area (Å²) in [5.41, 5.74) is 3.76. The first kappa shape index (κ1) is 16.7. The predicted octanol–water partition coefficient (Wildman–Crippen LogP) is 3.68. The number of nitrogens with zero attached hydrogens (tertiary/aromatic N) is 2. The highest BCUT2D eigenvalue weighted by Gasteiger charge is 2.13. The molecular formula is C19H20N4O2. The molecule has 6 nitrogen and oxygen atoms in total. The number of hydrogen-bond acceptors (Lipinski definition) is 4. The molecule has 0 saturated carbocycles. The topological polar surface area (TPSA) is 83.8 Å². The van der Waals surface area contributed by atoms with Crippen molar-refractivity contribution in [3.05, 3.63) is 59.1 Å². The van der Waals surface area contributed by atoms with Crippen LogP contribution in [0.15, 0.2) is 40.9 Å². The molecule has 25 heavy (non-hydrogen) atoms. The Kier molecular flexibility index (Phi) is 4.79. The maximum atomic E-state index is 12.0. The van der Waals surface area contributed by atoms with Gasteiger partial charge in [-0.1, -0.05) is 35.5 Å². The average molecular weight is 336 g/mol. The number of aromatic amines is 1. The first-order valence-corrected chi connectivity index (χ1v) is 8.10. The molecule has 3 rings (SSSR count). The molecule has 6 heteroatoms. The van der Waals surface area contributed by atoms with Gasteiger partial charge in [0.1, 0.15) is 11.5 Å². The van der Waals surface area contributed by atoms with E-state index in [9.17, 15) is 4.79 Å². The van der Waals surface area contributed by atoms with Crippen LogP contribution in [0.25, 0.3) is 23.4 Å². The maximum Gasteiger partial charge on any atom is 0.271 e. The smallest absolute Gasteiger partial charge is 0.271 e. The van der Waals surface area contributed by atoms with E-state index in [-0.39, 0.29) is 11.9 Å². The van der Waals surface area contributed by atoms with E-state index in [0.717, 1.165) is 28.3 Å². The Bertz CT molecular complexity index is 891. The third-order valence-corrected chi connectivity index (χ3v) is 3.64. The number of rotatable bonds is 5. The molecule has 0 spiro atoms. The van der Waals surface area contributed by atoms with E-state index >= 15 is 0 Å². The fraction of sp³-hybridized carbons (Fsp3) is 0.211. The highest BCUT2D eigenvalue weighted by atomic mass is 16.5. The summed E-state index contributed by atoms with van der Waals surface area (Å²) in [5.74, 6) is 0.532. The van der Waals surface area contributed by atoms with Crippen LogP contribution in [0.1, 0.15) is 41.4 Å². The van der Waals surface area contributed by atoms with Crippen molar-refractivity contribution in [2.45, 2.75) is 26.8 Å². The van der Waals surface area contributed by atoms with Gasteiger partial charge < -0.3 is 9.84 Å². The minimum absolute atomic E-state index is 0.0660. The lowest BCUT2D eigenvalue weighted by atomic mass is 10.1. The van der Waals surface area contributed by atoms with Crippen molar-refractivity contribution in [2.75, 3.05) is 0 Å². The van der Waals surface area contributed by atoms with Crippen LogP contribution >= 0.6 is 0 Å². The van der Waals surface area contributed by atoms with E-state index in [0.29, 0.717) is 5.69 Å². The van der Waals surface area contributed by atoms with E-state index in [4.69, 9.17) is 4.52 Å². The first-order valence-electron chi connectivity index (χ1n) is 8.10. The first-order chi connectivity index (χ1) is 12.0. The monoisotopic (exact) mass is 336 g/mol. The van der Waals surface area contributed by atoms with Crippen molar-refractivity contribution in [2.24, 2.45) is 0 Å². The van der Waals surface area contributed by atoms with Crippen LogP contribution in [0.4, 0.5) is 0 Å². The van der Waals surface area contributed by atoms with Crippen LogP contribution in [-0.2, 0) is 0 Å². The van der Waals surface area contributed by atoms with Gasteiger partial charge in [-0.25, -0.2) is 0 Å². The van der Waals surface area contributed by atoms with Crippen molar-refractivity contribution in [1.29, 1.82) is 0 Å². The zero-order valence-electron chi connectivity index (χ0n) is 14.4. The van der Waals surface area contributed by atoms with Gasteiger partial charge in [0.05, 0.1) is 5.69 Å². The SMILES string of the molecule is Cc1onc(-c2ccccc2)c1/C=C/c1cc(C(=O)NC(C)C)n[nH]1. The normalized spacial score (nSPS) is 11.4. The molecule has 0 unspecified atom stereocenters. The summed E-state index contributed by atoms with van der Waals surface area (Å²) < 4.78 is 5.33. The zero-order valence-corrected chi connectivity index (χ0v) is 14.4. The Morgan fingerprint density at radius 2 is 2.00 bits per heavy atom. The Hall–Kier alpha value is -3.15. The number of H-pyrrole nitrogens is 1. The average Bonchev–Trinajstić information content (AvgIpc) is 3.20. The Morgan fingerprint density at radius 3 is 2.72 bits per heavy atom. The lowest BCUT2D eigenvalue weighted by Gasteiger charge is -2.04. The summed E-state index contributed by atoms with van der Waals surface area (Å²) in [4.78, 5) is 12.0. The standard InChI is InChI=1S/C19H20N4O2/c1-12(2)20-19(24)17-11-15(21-22-17)9-10-16-13(3)25-23-18(16)14-7-5-4-6-8-14/h4-12H,1-3H3,(H,20,24)(H,21,22)/b10-9+. The second-order valence-corrected chi connectivity index (χ2v) is 6.04. The molecule has 0 atom stereocenters. The minimum Gasteiger partial charge on any atom is -0.360 e. The third kappa shape index (κ3) is 3.85. The molecule has 0 aliphatic rings. The number of aryl methyl sites for hydroxylation is 1. The van der Waals surface area contributed by atoms with Gasteiger partial charge in [0.2, 0.25) is 0 Å². The molecule has 2 N–H and O–H groups in total. The molecular weight excluding hydrogens is 316 g/mol. The molecule has 3 aromatic rings. The van der Waals surface area contributed by atoms with Crippen LogP contribution in [0.2, 0.25) is 0 Å². The molecule has 1 aromatic carbocycles. The van der Waals surface area contributed by atoms with Crippen molar-refractivity contribution >= 4 is 18.1 Å². The fourth-order valence-corrected chi connectivity index (χ4v) is 2.43. The van der Waals surface area contributed by atoms with Crippen molar-refractivity contribution < 1.29 is 9.32 Å². The predicted molar refractivity (Wildman–Crippen MR) is 96.8 cm³/mol. The Labute approximate surface area is 145 Å². The molecule has 2 heterocycles. The van der Waals surface area contributed by atoms with Crippen LogP contribution in [0.3, 0.4) is 0 Å². The van der Waals surface area contributed by atoms with E-state index in [1.165, 1.54) is 0 Å². The molecule has 0 bridgehead atoms. The van der Waals surface area contributed by atoms with Crippen LogP contribution in [0, 0.1) is 6.92 Å². The van der Waals surface area contributed by atoms with Crippen molar-refractivity contribution in [3.63, 3.8) is 0 Å². The van der Waals surface area contributed by atoms with Gasteiger partial charge in [0.15, 0.2) is 5.69 Å². The molecule has 2 aromatic heterocycles. The van der Waals surface area contributed by atoms with Crippen molar-refractivity contribution in [3.8, 4) is 11.3 Å². The van der Waals surface area contributed by atoms with Crippen LogP contribution < -0.4 is 5.32 Å². The Morgan fingerprint density at radius 1 is 1.24 bits per heavy atom. The van der Waals surface area contributed by atoms with E-state index in [2.05, 4.69) is 20.7 Å². The second kappa shape index (κ2) is 7.17. The molecule has 128 valence electrons. The largest absolute Gasteiger partial charge is 0.360 e. The van der Waals surface area contributed by atoms with Crippen LogP contribution in [-0.4, -0.2) is 27.3 Å². The zero-order chi connectivity index (χ0) is 17.8. The Balaban J connectivity index is 1.83. The van der Waals surface area contributed by atoms with E-state index < -0.39 is 0 Å². The summed E-state index contributed by atoms with van der Waals surface area (Å²) in [7, 11) is 0. The lowest BCUT2D eigenvalue weighted by molar-refractivity contribution is 0.0938. The number of carbonyl (C=O) groups excluding carboxylic acids is 1. The number of aromatic nitrogens is 3. The number of nitrogens with one attached hydrogen (secondary N) is 2. The van der Waals surface area contributed by atoms with E-state index in [1.54, 1.807) is 6.07 Å². The molecule has 0 fully saturated rings. The summed E-state index contributed by atoms with van der Waals surface area (Å²) in [6.07, 6.45) is 3.76. The lowest BCUT2D eigenvalue weighted by Crippen LogP contribution is -2.30. The number of carbonyl (C=O) groups is 1. The molecule has 0 aliphatic heterocycles. The molecule has 0 aliphatic carbocycles. The molecule has 1 amide bonds. The third-order valence-electron chi connectivity index (χ3n) is 3.64. The quantitative estimate of drug-likeness (QED) is 0.744. The van der Waals surface area contributed by atoms with Gasteiger partial charge in [0, 0.05) is 17.2 Å². The van der Waals surface area contributed by atoms with Crippen LogP contribution in [0.5, 0.6) is 0 Å². The maximum absolute atomic E-state index is 12.0.